The maximum Gasteiger partial charge on any atom is 0.183 e. The van der Waals surface area contributed by atoms with Gasteiger partial charge in [0.25, 0.3) is 0 Å². The summed E-state index contributed by atoms with van der Waals surface area (Å²) in [5, 5.41) is 0. The highest BCUT2D eigenvalue weighted by Gasteiger charge is 2.09. The minimum absolute atomic E-state index is 0.277. The van der Waals surface area contributed by atoms with Crippen molar-refractivity contribution in [2.24, 2.45) is 0 Å². The Balaban J connectivity index is 2.52. The molecule has 0 aromatic carbocycles. The van der Waals surface area contributed by atoms with Crippen molar-refractivity contribution in [2.75, 3.05) is 0 Å². The van der Waals surface area contributed by atoms with Crippen LogP contribution in [0.2, 0.25) is 0 Å². The largest absolute Gasteiger partial charge is 0.441 e. The molecule has 64 valence electrons. The van der Waals surface area contributed by atoms with Crippen LogP contribution in [0.5, 0.6) is 0 Å². The lowest BCUT2D eigenvalue weighted by molar-refractivity contribution is 0.112. The van der Waals surface area contributed by atoms with E-state index in [1.807, 2.05) is 6.07 Å². The summed E-state index contributed by atoms with van der Waals surface area (Å²) < 4.78 is 5.04. The Morgan fingerprint density at radius 3 is 2.92 bits per heavy atom. The van der Waals surface area contributed by atoms with Gasteiger partial charge in [-0.2, -0.15) is 0 Å². The van der Waals surface area contributed by atoms with Gasteiger partial charge in [0.15, 0.2) is 24.1 Å². The third kappa shape index (κ3) is 1.33. The van der Waals surface area contributed by atoms with Gasteiger partial charge in [-0.15, -0.1) is 0 Å². The van der Waals surface area contributed by atoms with E-state index in [9.17, 15) is 4.79 Å². The van der Waals surface area contributed by atoms with Crippen LogP contribution in [-0.4, -0.2) is 16.3 Å². The second-order valence-electron chi connectivity index (χ2n) is 2.40. The van der Waals surface area contributed by atoms with E-state index in [2.05, 4.69) is 9.97 Å². The van der Waals surface area contributed by atoms with Gasteiger partial charge >= 0.3 is 0 Å². The molecule has 4 nitrogen and oxygen atoms in total. The molecule has 4 heteroatoms. The van der Waals surface area contributed by atoms with Gasteiger partial charge < -0.3 is 4.42 Å². The monoisotopic (exact) mass is 174 g/mol. The molecular formula is C9H6N2O2. The topological polar surface area (TPSA) is 56.0 Å². The Morgan fingerprint density at radius 2 is 2.23 bits per heavy atom. The van der Waals surface area contributed by atoms with Crippen LogP contribution < -0.4 is 0 Å². The van der Waals surface area contributed by atoms with E-state index in [1.54, 1.807) is 18.3 Å². The summed E-state index contributed by atoms with van der Waals surface area (Å²) >= 11 is 0. The fourth-order valence-corrected chi connectivity index (χ4v) is 1.03. The molecule has 0 unspecified atom stereocenters. The number of rotatable bonds is 2. The van der Waals surface area contributed by atoms with Gasteiger partial charge in [0.1, 0.15) is 5.69 Å². The van der Waals surface area contributed by atoms with Crippen molar-refractivity contribution >= 4 is 6.29 Å². The summed E-state index contributed by atoms with van der Waals surface area (Å²) in [7, 11) is 0. The van der Waals surface area contributed by atoms with E-state index in [1.165, 1.54) is 6.39 Å². The van der Waals surface area contributed by atoms with E-state index < -0.39 is 0 Å². The maximum absolute atomic E-state index is 10.5. The van der Waals surface area contributed by atoms with Crippen molar-refractivity contribution in [2.45, 2.75) is 0 Å². The maximum atomic E-state index is 10.5. The van der Waals surface area contributed by atoms with Crippen LogP contribution in [0.1, 0.15) is 10.5 Å². The van der Waals surface area contributed by atoms with E-state index in [0.29, 0.717) is 17.7 Å². The minimum atomic E-state index is 0.277. The predicted octanol–water partition coefficient (Wildman–Crippen LogP) is 1.55. The fraction of sp³-hybridized carbons (Fsp3) is 0. The summed E-state index contributed by atoms with van der Waals surface area (Å²) in [5.74, 6) is 0.413. The summed E-state index contributed by atoms with van der Waals surface area (Å²) in [4.78, 5) is 18.3. The number of carbonyl (C=O) groups is 1. The van der Waals surface area contributed by atoms with Crippen molar-refractivity contribution in [3.8, 4) is 11.5 Å². The number of hydrogen-bond donors (Lipinski definition) is 0. The molecular weight excluding hydrogens is 168 g/mol. The first-order chi connectivity index (χ1) is 6.42. The SMILES string of the molecule is O=Cc1ncoc1-c1ccccn1. The first-order valence-electron chi connectivity index (χ1n) is 3.72. The van der Waals surface area contributed by atoms with E-state index in [0.717, 1.165) is 0 Å². The van der Waals surface area contributed by atoms with Gasteiger partial charge in [-0.3, -0.25) is 9.78 Å². The smallest absolute Gasteiger partial charge is 0.183 e. The number of carbonyl (C=O) groups excluding carboxylic acids is 1. The van der Waals surface area contributed by atoms with Crippen LogP contribution in [0.4, 0.5) is 0 Å². The van der Waals surface area contributed by atoms with Crippen LogP contribution in [-0.2, 0) is 0 Å². The molecule has 0 aliphatic heterocycles. The van der Waals surface area contributed by atoms with Crippen LogP contribution in [0.3, 0.4) is 0 Å². The van der Waals surface area contributed by atoms with Crippen molar-refractivity contribution in [3.63, 3.8) is 0 Å². The summed E-state index contributed by atoms with van der Waals surface area (Å²) in [6.45, 7) is 0. The van der Waals surface area contributed by atoms with Crippen molar-refractivity contribution in [1.82, 2.24) is 9.97 Å². The van der Waals surface area contributed by atoms with Crippen molar-refractivity contribution in [3.05, 3.63) is 36.5 Å². The van der Waals surface area contributed by atoms with Crippen molar-refractivity contribution < 1.29 is 9.21 Å². The highest BCUT2D eigenvalue weighted by Crippen LogP contribution is 2.18. The van der Waals surface area contributed by atoms with Gasteiger partial charge in [-0.25, -0.2) is 4.98 Å². The number of aldehydes is 1. The van der Waals surface area contributed by atoms with E-state index >= 15 is 0 Å². The van der Waals surface area contributed by atoms with Crippen LogP contribution in [0.25, 0.3) is 11.5 Å². The van der Waals surface area contributed by atoms with Crippen LogP contribution >= 0.6 is 0 Å². The fourth-order valence-electron chi connectivity index (χ4n) is 1.03. The highest BCUT2D eigenvalue weighted by molar-refractivity contribution is 5.81. The first-order valence-corrected chi connectivity index (χ1v) is 3.72. The molecule has 0 aliphatic carbocycles. The molecule has 0 radical (unpaired) electrons. The normalized spacial score (nSPS) is 9.85. The Bertz CT molecular complexity index is 409. The van der Waals surface area contributed by atoms with E-state index in [-0.39, 0.29) is 5.69 Å². The van der Waals surface area contributed by atoms with Crippen molar-refractivity contribution in [1.29, 1.82) is 0 Å². The Morgan fingerprint density at radius 1 is 1.31 bits per heavy atom. The lowest BCUT2D eigenvalue weighted by Gasteiger charge is -1.93. The van der Waals surface area contributed by atoms with Gasteiger partial charge in [0, 0.05) is 6.20 Å². The zero-order valence-electron chi connectivity index (χ0n) is 6.68. The molecule has 0 fully saturated rings. The van der Waals surface area contributed by atoms with E-state index in [4.69, 9.17) is 4.42 Å². The summed E-state index contributed by atoms with van der Waals surface area (Å²) in [6.07, 6.45) is 3.51. The second kappa shape index (κ2) is 3.18. The predicted molar refractivity (Wildman–Crippen MR) is 45.1 cm³/mol. The molecule has 0 atom stereocenters. The molecule has 0 saturated heterocycles. The first kappa shape index (κ1) is 7.67. The van der Waals surface area contributed by atoms with Gasteiger partial charge in [-0.1, -0.05) is 6.07 Å². The van der Waals surface area contributed by atoms with Gasteiger partial charge in [-0.05, 0) is 12.1 Å². The number of oxazole rings is 1. The molecule has 2 aromatic rings. The second-order valence-corrected chi connectivity index (χ2v) is 2.40. The van der Waals surface area contributed by atoms with Gasteiger partial charge in [0.05, 0.1) is 0 Å². The average Bonchev–Trinajstić information content (AvgIpc) is 2.67. The Kier molecular flexibility index (Phi) is 1.88. The number of nitrogens with zero attached hydrogens (tertiary/aromatic N) is 2. The standard InChI is InChI=1S/C9H6N2O2/c12-5-8-9(13-6-11-8)7-3-1-2-4-10-7/h1-6H. The molecule has 0 bridgehead atoms. The number of aromatic nitrogens is 2. The third-order valence-electron chi connectivity index (χ3n) is 1.60. The minimum Gasteiger partial charge on any atom is -0.441 e. The molecule has 2 rings (SSSR count). The lowest BCUT2D eigenvalue weighted by Crippen LogP contribution is -1.85. The summed E-state index contributed by atoms with van der Waals surface area (Å²) in [5.41, 5.74) is 0.890. The average molecular weight is 174 g/mol. The number of pyridine rings is 1. The molecule has 0 aliphatic rings. The van der Waals surface area contributed by atoms with Crippen LogP contribution in [0, 0.1) is 0 Å². The molecule has 0 spiro atoms. The zero-order chi connectivity index (χ0) is 9.10. The molecule has 2 aromatic heterocycles. The zero-order valence-corrected chi connectivity index (χ0v) is 6.68. The Hall–Kier alpha value is -1.97. The highest BCUT2D eigenvalue weighted by atomic mass is 16.3. The summed E-state index contributed by atoms with van der Waals surface area (Å²) in [6, 6.07) is 5.37. The van der Waals surface area contributed by atoms with Gasteiger partial charge in [0.2, 0.25) is 0 Å². The molecule has 0 amide bonds. The molecule has 0 saturated carbocycles. The number of hydrogen-bond acceptors (Lipinski definition) is 4. The quantitative estimate of drug-likeness (QED) is 0.648. The third-order valence-corrected chi connectivity index (χ3v) is 1.60. The molecule has 13 heavy (non-hydrogen) atoms. The van der Waals surface area contributed by atoms with Crippen LogP contribution in [0.15, 0.2) is 35.2 Å². The Labute approximate surface area is 74.2 Å². The molecule has 0 N–H and O–H groups in total. The molecule has 2 heterocycles. The lowest BCUT2D eigenvalue weighted by atomic mass is 10.2.